The molecule has 19 heavy (non-hydrogen) atoms. The van der Waals surface area contributed by atoms with E-state index in [1.54, 1.807) is 0 Å². The summed E-state index contributed by atoms with van der Waals surface area (Å²) in [5, 5.41) is 13.1. The van der Waals surface area contributed by atoms with Crippen LogP contribution in [0.25, 0.3) is 0 Å². The number of para-hydroxylation sites is 1. The number of halogens is 1. The molecule has 0 saturated heterocycles. The van der Waals surface area contributed by atoms with Gasteiger partial charge < -0.3 is 10.4 Å². The van der Waals surface area contributed by atoms with Gasteiger partial charge in [-0.05, 0) is 46.8 Å². The molecule has 1 aromatic carbocycles. The number of carboxylic acid groups (broad SMARTS) is 1. The second-order valence-corrected chi connectivity index (χ2v) is 6.09. The van der Waals surface area contributed by atoms with Crippen molar-refractivity contribution in [1.82, 2.24) is 0 Å². The minimum atomic E-state index is -0.823. The van der Waals surface area contributed by atoms with Gasteiger partial charge in [0.15, 0.2) is 0 Å². The van der Waals surface area contributed by atoms with Crippen molar-refractivity contribution in [2.75, 3.05) is 5.32 Å². The quantitative estimate of drug-likeness (QED) is 0.868. The van der Waals surface area contributed by atoms with Crippen molar-refractivity contribution in [2.24, 2.45) is 5.92 Å². The standard InChI is InChI=1S/C15H20BrNO2/c1-2-11-7-5-6-10-15(11,14(18)19)17-13-9-4-3-8-12(13)16/h3-4,8-9,11,17H,2,5-7,10H2,1H3,(H,18,19). The first kappa shape index (κ1) is 14.4. The monoisotopic (exact) mass is 325 g/mol. The summed E-state index contributed by atoms with van der Waals surface area (Å²) in [6.07, 6.45) is 4.68. The maximum Gasteiger partial charge on any atom is 0.329 e. The van der Waals surface area contributed by atoms with Crippen molar-refractivity contribution in [1.29, 1.82) is 0 Å². The van der Waals surface area contributed by atoms with Crippen molar-refractivity contribution >= 4 is 27.6 Å². The second-order valence-electron chi connectivity index (χ2n) is 5.23. The number of carbonyl (C=O) groups is 1. The summed E-state index contributed by atoms with van der Waals surface area (Å²) in [6.45, 7) is 2.08. The van der Waals surface area contributed by atoms with Gasteiger partial charge in [-0.2, -0.15) is 0 Å². The average molecular weight is 326 g/mol. The molecule has 1 aliphatic rings. The zero-order chi connectivity index (χ0) is 13.9. The highest BCUT2D eigenvalue weighted by atomic mass is 79.9. The van der Waals surface area contributed by atoms with Crippen LogP contribution in [-0.2, 0) is 4.79 Å². The van der Waals surface area contributed by atoms with Crippen LogP contribution in [0.3, 0.4) is 0 Å². The zero-order valence-electron chi connectivity index (χ0n) is 11.2. The summed E-state index contributed by atoms with van der Waals surface area (Å²) in [5.41, 5.74) is 0.0434. The lowest BCUT2D eigenvalue weighted by Gasteiger charge is -2.42. The number of anilines is 1. The molecule has 1 fully saturated rings. The van der Waals surface area contributed by atoms with Gasteiger partial charge in [-0.3, -0.25) is 0 Å². The van der Waals surface area contributed by atoms with Gasteiger partial charge in [0.05, 0.1) is 0 Å². The van der Waals surface area contributed by atoms with E-state index in [9.17, 15) is 9.90 Å². The van der Waals surface area contributed by atoms with Gasteiger partial charge >= 0.3 is 5.97 Å². The van der Waals surface area contributed by atoms with Crippen LogP contribution in [0.1, 0.15) is 39.0 Å². The predicted molar refractivity (Wildman–Crippen MR) is 80.4 cm³/mol. The highest BCUT2D eigenvalue weighted by Crippen LogP contribution is 2.40. The molecule has 3 nitrogen and oxygen atoms in total. The summed E-state index contributed by atoms with van der Waals surface area (Å²) < 4.78 is 0.913. The first-order valence-corrected chi connectivity index (χ1v) is 7.65. The predicted octanol–water partition coefficient (Wildman–Crippen LogP) is 4.28. The van der Waals surface area contributed by atoms with Crippen molar-refractivity contribution in [2.45, 2.75) is 44.6 Å². The lowest BCUT2D eigenvalue weighted by Crippen LogP contribution is -2.54. The van der Waals surface area contributed by atoms with Crippen molar-refractivity contribution in [3.05, 3.63) is 28.7 Å². The lowest BCUT2D eigenvalue weighted by atomic mass is 9.71. The maximum absolute atomic E-state index is 11.9. The van der Waals surface area contributed by atoms with Crippen molar-refractivity contribution < 1.29 is 9.90 Å². The Bertz CT molecular complexity index is 463. The van der Waals surface area contributed by atoms with Gasteiger partial charge in [-0.15, -0.1) is 0 Å². The molecule has 2 unspecified atom stereocenters. The third kappa shape index (κ3) is 2.78. The van der Waals surface area contributed by atoms with Crippen LogP contribution in [0.15, 0.2) is 28.7 Å². The summed E-state index contributed by atoms with van der Waals surface area (Å²) >= 11 is 3.48. The molecule has 0 aromatic heterocycles. The molecule has 1 aliphatic carbocycles. The molecule has 2 N–H and O–H groups in total. The fourth-order valence-electron chi connectivity index (χ4n) is 3.10. The second kappa shape index (κ2) is 5.95. The Morgan fingerprint density at radius 2 is 2.21 bits per heavy atom. The Morgan fingerprint density at radius 3 is 2.84 bits per heavy atom. The number of nitrogens with one attached hydrogen (secondary N) is 1. The Kier molecular flexibility index (Phi) is 4.50. The average Bonchev–Trinajstić information content (AvgIpc) is 2.41. The minimum absolute atomic E-state index is 0.186. The van der Waals surface area contributed by atoms with E-state index in [1.165, 1.54) is 0 Å². The Hall–Kier alpha value is -1.03. The molecule has 4 heteroatoms. The number of hydrogen-bond donors (Lipinski definition) is 2. The molecule has 0 spiro atoms. The van der Waals surface area contributed by atoms with E-state index < -0.39 is 11.5 Å². The van der Waals surface area contributed by atoms with Gasteiger partial charge in [-0.25, -0.2) is 4.79 Å². The van der Waals surface area contributed by atoms with E-state index in [2.05, 4.69) is 28.2 Å². The van der Waals surface area contributed by atoms with E-state index in [4.69, 9.17) is 0 Å². The molecular formula is C15H20BrNO2. The molecule has 104 valence electrons. The van der Waals surface area contributed by atoms with E-state index in [0.717, 1.165) is 35.8 Å². The molecule has 2 rings (SSSR count). The van der Waals surface area contributed by atoms with Crippen molar-refractivity contribution in [3.8, 4) is 0 Å². The Morgan fingerprint density at radius 1 is 1.47 bits per heavy atom. The molecule has 2 atom stereocenters. The third-order valence-electron chi connectivity index (χ3n) is 4.18. The Labute approximate surface area is 122 Å². The molecule has 1 saturated carbocycles. The Balaban J connectivity index is 2.34. The first-order chi connectivity index (χ1) is 9.10. The van der Waals surface area contributed by atoms with Gasteiger partial charge in [0.2, 0.25) is 0 Å². The fourth-order valence-corrected chi connectivity index (χ4v) is 3.48. The van der Waals surface area contributed by atoms with Gasteiger partial charge in [-0.1, -0.05) is 38.3 Å². The summed E-state index contributed by atoms with van der Waals surface area (Å²) in [5.74, 6) is -0.541. The third-order valence-corrected chi connectivity index (χ3v) is 4.87. The van der Waals surface area contributed by atoms with Gasteiger partial charge in [0, 0.05) is 10.2 Å². The number of benzene rings is 1. The molecule has 0 heterocycles. The zero-order valence-corrected chi connectivity index (χ0v) is 12.7. The summed E-state index contributed by atoms with van der Waals surface area (Å²) in [6, 6.07) is 7.71. The van der Waals surface area contributed by atoms with Crippen LogP contribution in [0.5, 0.6) is 0 Å². The van der Waals surface area contributed by atoms with Crippen LogP contribution in [-0.4, -0.2) is 16.6 Å². The van der Waals surface area contributed by atoms with Gasteiger partial charge in [0.25, 0.3) is 0 Å². The molecule has 1 aromatic rings. The fraction of sp³-hybridized carbons (Fsp3) is 0.533. The number of hydrogen-bond acceptors (Lipinski definition) is 2. The smallest absolute Gasteiger partial charge is 0.329 e. The van der Waals surface area contributed by atoms with Crippen LogP contribution in [0.2, 0.25) is 0 Å². The van der Waals surface area contributed by atoms with Crippen LogP contribution in [0.4, 0.5) is 5.69 Å². The topological polar surface area (TPSA) is 49.3 Å². The highest BCUT2D eigenvalue weighted by molar-refractivity contribution is 9.10. The van der Waals surface area contributed by atoms with Gasteiger partial charge in [0.1, 0.15) is 5.54 Å². The van der Waals surface area contributed by atoms with E-state index in [1.807, 2.05) is 24.3 Å². The van der Waals surface area contributed by atoms with E-state index in [0.29, 0.717) is 6.42 Å². The summed E-state index contributed by atoms with van der Waals surface area (Å²) in [4.78, 5) is 11.9. The number of carboxylic acids is 1. The SMILES string of the molecule is CCC1CCCCC1(Nc1ccccc1Br)C(=O)O. The lowest BCUT2D eigenvalue weighted by molar-refractivity contribution is -0.145. The van der Waals surface area contributed by atoms with E-state index in [-0.39, 0.29) is 5.92 Å². The van der Waals surface area contributed by atoms with Crippen LogP contribution in [0, 0.1) is 5.92 Å². The van der Waals surface area contributed by atoms with Crippen molar-refractivity contribution in [3.63, 3.8) is 0 Å². The minimum Gasteiger partial charge on any atom is -0.479 e. The maximum atomic E-state index is 11.9. The number of rotatable bonds is 4. The first-order valence-electron chi connectivity index (χ1n) is 6.86. The molecule has 0 bridgehead atoms. The highest BCUT2D eigenvalue weighted by Gasteiger charge is 2.46. The normalized spacial score (nSPS) is 26.9. The number of aliphatic carboxylic acids is 1. The molecular weight excluding hydrogens is 306 g/mol. The van der Waals surface area contributed by atoms with Crippen LogP contribution >= 0.6 is 15.9 Å². The van der Waals surface area contributed by atoms with Crippen LogP contribution < -0.4 is 5.32 Å². The van der Waals surface area contributed by atoms with E-state index >= 15 is 0 Å². The molecule has 0 radical (unpaired) electrons. The summed E-state index contributed by atoms with van der Waals surface area (Å²) in [7, 11) is 0. The largest absolute Gasteiger partial charge is 0.479 e. The molecule has 0 amide bonds. The molecule has 0 aliphatic heterocycles.